The zero-order valence-corrected chi connectivity index (χ0v) is 18.9. The van der Waals surface area contributed by atoms with Crippen LogP contribution in [0.1, 0.15) is 51.7 Å². The molecule has 0 bridgehead atoms. The molecule has 0 radical (unpaired) electrons. The monoisotopic (exact) mass is 466 g/mol. The highest BCUT2D eigenvalue weighted by atomic mass is 35.5. The van der Waals surface area contributed by atoms with Gasteiger partial charge in [-0.15, -0.1) is 0 Å². The number of ketones is 1. The number of anilines is 1. The van der Waals surface area contributed by atoms with Crippen molar-refractivity contribution in [3.05, 3.63) is 99.0 Å². The first-order chi connectivity index (χ1) is 15.2. The van der Waals surface area contributed by atoms with Crippen LogP contribution in [0.2, 0.25) is 10.0 Å². The SMILES string of the molecule is CC(NC(=O)c1ccc(C2(C)C(=O)Nc3cc(Cl)cc(Cl)c3C2=O)cc1)c1ccccc1. The zero-order chi connectivity index (χ0) is 23.0. The van der Waals surface area contributed by atoms with Gasteiger partial charge in [0.2, 0.25) is 5.91 Å². The highest BCUT2D eigenvalue weighted by Gasteiger charge is 2.48. The van der Waals surface area contributed by atoms with Crippen molar-refractivity contribution in [2.75, 3.05) is 5.32 Å². The van der Waals surface area contributed by atoms with Crippen molar-refractivity contribution in [2.24, 2.45) is 0 Å². The number of fused-ring (bicyclic) bond motifs is 1. The molecule has 0 aliphatic carbocycles. The third-order valence-electron chi connectivity index (χ3n) is 5.81. The largest absolute Gasteiger partial charge is 0.346 e. The summed E-state index contributed by atoms with van der Waals surface area (Å²) in [6.07, 6.45) is 0. The van der Waals surface area contributed by atoms with Crippen LogP contribution < -0.4 is 10.6 Å². The van der Waals surface area contributed by atoms with E-state index in [1.54, 1.807) is 31.2 Å². The molecule has 7 heteroatoms. The van der Waals surface area contributed by atoms with E-state index in [4.69, 9.17) is 23.2 Å². The quantitative estimate of drug-likeness (QED) is 0.492. The van der Waals surface area contributed by atoms with Crippen LogP contribution in [0.15, 0.2) is 66.7 Å². The average molecular weight is 467 g/mol. The topological polar surface area (TPSA) is 75.3 Å². The van der Waals surface area contributed by atoms with Crippen LogP contribution in [0.3, 0.4) is 0 Å². The molecule has 0 fully saturated rings. The van der Waals surface area contributed by atoms with Gasteiger partial charge in [-0.2, -0.15) is 0 Å². The van der Waals surface area contributed by atoms with E-state index >= 15 is 0 Å². The van der Waals surface area contributed by atoms with Crippen LogP contribution in [0, 0.1) is 0 Å². The normalized spacial score (nSPS) is 18.5. The van der Waals surface area contributed by atoms with Crippen molar-refractivity contribution in [1.82, 2.24) is 5.32 Å². The lowest BCUT2D eigenvalue weighted by atomic mass is 9.72. The number of carbonyl (C=O) groups excluding carboxylic acids is 3. The van der Waals surface area contributed by atoms with Gasteiger partial charge in [-0.25, -0.2) is 0 Å². The molecule has 0 saturated carbocycles. The van der Waals surface area contributed by atoms with Gasteiger partial charge in [0.05, 0.1) is 22.3 Å². The second kappa shape index (κ2) is 8.41. The summed E-state index contributed by atoms with van der Waals surface area (Å²) >= 11 is 12.3. The van der Waals surface area contributed by atoms with Crippen molar-refractivity contribution in [3.63, 3.8) is 0 Å². The number of nitrogens with one attached hydrogen (secondary N) is 2. The molecule has 2 amide bonds. The van der Waals surface area contributed by atoms with Gasteiger partial charge in [0.15, 0.2) is 5.78 Å². The number of hydrogen-bond donors (Lipinski definition) is 2. The molecule has 4 rings (SSSR count). The Balaban J connectivity index is 1.60. The maximum atomic E-state index is 13.3. The minimum Gasteiger partial charge on any atom is -0.346 e. The van der Waals surface area contributed by atoms with E-state index < -0.39 is 17.1 Å². The second-order valence-electron chi connectivity index (χ2n) is 7.90. The van der Waals surface area contributed by atoms with Crippen molar-refractivity contribution in [2.45, 2.75) is 25.3 Å². The summed E-state index contributed by atoms with van der Waals surface area (Å²) in [7, 11) is 0. The van der Waals surface area contributed by atoms with E-state index in [0.717, 1.165) is 5.56 Å². The summed E-state index contributed by atoms with van der Waals surface area (Å²) in [6.45, 7) is 3.45. The van der Waals surface area contributed by atoms with Gasteiger partial charge in [-0.3, -0.25) is 14.4 Å². The summed E-state index contributed by atoms with van der Waals surface area (Å²) in [6, 6.07) is 18.9. The predicted octanol–water partition coefficient (Wildman–Crippen LogP) is 5.58. The van der Waals surface area contributed by atoms with E-state index in [0.29, 0.717) is 21.8 Å². The van der Waals surface area contributed by atoms with Gasteiger partial charge in [0.1, 0.15) is 5.41 Å². The average Bonchev–Trinajstić information content (AvgIpc) is 2.77. The number of hydrogen-bond acceptors (Lipinski definition) is 3. The lowest BCUT2D eigenvalue weighted by Crippen LogP contribution is -2.48. The van der Waals surface area contributed by atoms with Gasteiger partial charge in [0, 0.05) is 10.6 Å². The lowest BCUT2D eigenvalue weighted by Gasteiger charge is -2.33. The fourth-order valence-corrected chi connectivity index (χ4v) is 4.40. The van der Waals surface area contributed by atoms with Crippen LogP contribution in [0.5, 0.6) is 0 Å². The Morgan fingerprint density at radius 3 is 2.31 bits per heavy atom. The fourth-order valence-electron chi connectivity index (χ4n) is 3.83. The molecule has 2 unspecified atom stereocenters. The van der Waals surface area contributed by atoms with Crippen molar-refractivity contribution >= 4 is 46.5 Å². The molecule has 0 spiro atoms. The first-order valence-corrected chi connectivity index (χ1v) is 10.8. The summed E-state index contributed by atoms with van der Waals surface area (Å²) in [5.74, 6) is -1.16. The molecule has 3 aromatic carbocycles. The van der Waals surface area contributed by atoms with Gasteiger partial charge < -0.3 is 10.6 Å². The zero-order valence-electron chi connectivity index (χ0n) is 17.4. The third-order valence-corrected chi connectivity index (χ3v) is 6.33. The Morgan fingerprint density at radius 2 is 1.66 bits per heavy atom. The highest BCUT2D eigenvalue weighted by Crippen LogP contribution is 2.41. The van der Waals surface area contributed by atoms with Crippen LogP contribution in [-0.2, 0) is 10.2 Å². The minimum atomic E-state index is -1.49. The molecule has 1 aliphatic heterocycles. The summed E-state index contributed by atoms with van der Waals surface area (Å²) in [4.78, 5) is 38.9. The maximum Gasteiger partial charge on any atom is 0.251 e. The number of halogens is 2. The van der Waals surface area contributed by atoms with E-state index in [-0.39, 0.29) is 22.5 Å². The van der Waals surface area contributed by atoms with E-state index in [1.165, 1.54) is 12.1 Å². The number of benzene rings is 3. The molecule has 162 valence electrons. The molecule has 0 aromatic heterocycles. The van der Waals surface area contributed by atoms with Crippen molar-refractivity contribution < 1.29 is 14.4 Å². The van der Waals surface area contributed by atoms with E-state index in [1.807, 2.05) is 37.3 Å². The van der Waals surface area contributed by atoms with Crippen LogP contribution in [0.25, 0.3) is 0 Å². The van der Waals surface area contributed by atoms with Crippen molar-refractivity contribution in [1.29, 1.82) is 0 Å². The van der Waals surface area contributed by atoms with Gasteiger partial charge in [0.25, 0.3) is 5.91 Å². The summed E-state index contributed by atoms with van der Waals surface area (Å²) in [5, 5.41) is 6.18. The molecule has 2 N–H and O–H groups in total. The van der Waals surface area contributed by atoms with Gasteiger partial charge in [-0.05, 0) is 49.2 Å². The number of carbonyl (C=O) groups is 3. The van der Waals surface area contributed by atoms with E-state index in [9.17, 15) is 14.4 Å². The van der Waals surface area contributed by atoms with Crippen LogP contribution in [0.4, 0.5) is 5.69 Å². The van der Waals surface area contributed by atoms with Crippen LogP contribution >= 0.6 is 23.2 Å². The first-order valence-electron chi connectivity index (χ1n) is 10.0. The molecule has 1 aliphatic rings. The Labute approximate surface area is 195 Å². The molecule has 1 heterocycles. The molecular formula is C25H20Cl2N2O3. The first kappa shape index (κ1) is 22.1. The third kappa shape index (κ3) is 3.78. The molecule has 3 aromatic rings. The second-order valence-corrected chi connectivity index (χ2v) is 8.75. The molecule has 0 saturated heterocycles. The Hall–Kier alpha value is -3.15. The van der Waals surface area contributed by atoms with Crippen molar-refractivity contribution in [3.8, 4) is 0 Å². The maximum absolute atomic E-state index is 13.3. The highest BCUT2D eigenvalue weighted by molar-refractivity contribution is 6.41. The number of Topliss-reactive ketones (excluding diaryl/α,β-unsaturated/α-hetero) is 1. The minimum absolute atomic E-state index is 0.169. The molecule has 2 atom stereocenters. The number of amides is 2. The Morgan fingerprint density at radius 1 is 1.00 bits per heavy atom. The standard InChI is InChI=1S/C25H20Cl2N2O3/c1-14(15-6-4-3-5-7-15)28-23(31)16-8-10-17(11-9-16)25(2)22(30)21-19(27)12-18(26)13-20(21)29-24(25)32/h3-14H,1-2H3,(H,28,31)(H,29,32). The molecular weight excluding hydrogens is 447 g/mol. The molecule has 32 heavy (non-hydrogen) atoms. The lowest BCUT2D eigenvalue weighted by molar-refractivity contribution is -0.119. The Kier molecular flexibility index (Phi) is 5.80. The van der Waals surface area contributed by atoms with Gasteiger partial charge >= 0.3 is 0 Å². The van der Waals surface area contributed by atoms with Crippen LogP contribution in [-0.4, -0.2) is 17.6 Å². The summed E-state index contributed by atoms with van der Waals surface area (Å²) < 4.78 is 0. The van der Waals surface area contributed by atoms with Gasteiger partial charge in [-0.1, -0.05) is 65.7 Å². The Bertz CT molecular complexity index is 1230. The smallest absolute Gasteiger partial charge is 0.251 e. The number of rotatable bonds is 4. The molecule has 5 nitrogen and oxygen atoms in total. The van der Waals surface area contributed by atoms with E-state index in [2.05, 4.69) is 10.6 Å². The summed E-state index contributed by atoms with van der Waals surface area (Å²) in [5.41, 5.74) is 0.901. The predicted molar refractivity (Wildman–Crippen MR) is 126 cm³/mol. The fraction of sp³-hybridized carbons (Fsp3) is 0.160.